The van der Waals surface area contributed by atoms with Gasteiger partial charge in [0.25, 0.3) is 0 Å². The van der Waals surface area contributed by atoms with Crippen molar-refractivity contribution in [3.8, 4) is 0 Å². The molecule has 2 aliphatic heterocycles. The predicted octanol–water partition coefficient (Wildman–Crippen LogP) is 8.06. The Morgan fingerprint density at radius 1 is 1.21 bits per heavy atom. The molecule has 1 aliphatic carbocycles. The Labute approximate surface area is 236 Å². The molecule has 0 saturated carbocycles. The zero-order valence-electron chi connectivity index (χ0n) is 25.2. The standard InChI is InChI=1S/C35H45N3O/c1-11-30(38-13-12-22(2)14-23(3)21-38)17-28(8)32-18-29(9)35(39)20-34(37-32)33(36-10)19-31-26(6)15-24(4)25(5)16-27(31)7/h11,15,17,19-20,23,26H,2,9,12-14,18,21H2,1,3-8,10H3/b28-17-,30-11+,31-19+,36-33+/t23-,26?/m0/s1. The van der Waals surface area contributed by atoms with Crippen molar-refractivity contribution in [2.45, 2.75) is 67.7 Å². The van der Waals surface area contributed by atoms with Gasteiger partial charge in [-0.25, -0.2) is 0 Å². The van der Waals surface area contributed by atoms with E-state index in [1.54, 1.807) is 13.1 Å². The number of hydrogen-bond acceptors (Lipinski definition) is 4. The van der Waals surface area contributed by atoms with Crippen molar-refractivity contribution in [2.24, 2.45) is 21.8 Å². The first-order chi connectivity index (χ1) is 18.4. The van der Waals surface area contributed by atoms with E-state index in [-0.39, 0.29) is 11.7 Å². The van der Waals surface area contributed by atoms with Crippen LogP contribution in [0, 0.1) is 11.8 Å². The fourth-order valence-electron chi connectivity index (χ4n) is 5.43. The summed E-state index contributed by atoms with van der Waals surface area (Å²) in [6.45, 7) is 25.2. The molecular weight excluding hydrogens is 478 g/mol. The quantitative estimate of drug-likeness (QED) is 0.120. The largest absolute Gasteiger partial charge is 0.371 e. The van der Waals surface area contributed by atoms with Crippen molar-refractivity contribution in [3.05, 3.63) is 99.7 Å². The maximum atomic E-state index is 13.0. The summed E-state index contributed by atoms with van der Waals surface area (Å²) in [5.74, 6) is 0.649. The summed E-state index contributed by atoms with van der Waals surface area (Å²) in [6, 6.07) is 0. The second-order valence-electron chi connectivity index (χ2n) is 11.3. The van der Waals surface area contributed by atoms with Crippen molar-refractivity contribution in [3.63, 3.8) is 0 Å². The van der Waals surface area contributed by atoms with Gasteiger partial charge in [-0.2, -0.15) is 0 Å². The Morgan fingerprint density at radius 2 is 1.92 bits per heavy atom. The first-order valence-corrected chi connectivity index (χ1v) is 14.0. The van der Waals surface area contributed by atoms with Gasteiger partial charge in [-0.15, -0.1) is 5.73 Å². The van der Waals surface area contributed by atoms with Gasteiger partial charge in [0, 0.05) is 50.0 Å². The van der Waals surface area contributed by atoms with Crippen molar-refractivity contribution < 1.29 is 4.79 Å². The van der Waals surface area contributed by atoms with Crippen molar-refractivity contribution in [1.82, 2.24) is 4.90 Å². The molecule has 1 fully saturated rings. The van der Waals surface area contributed by atoms with E-state index in [0.29, 0.717) is 29.3 Å². The fraction of sp³-hybridized carbons (Fsp3) is 0.429. The Kier molecular flexibility index (Phi) is 10.1. The number of likely N-dealkylation sites (tertiary alicyclic amines) is 1. The highest BCUT2D eigenvalue weighted by Crippen LogP contribution is 2.29. The third kappa shape index (κ3) is 7.55. The van der Waals surface area contributed by atoms with E-state index in [1.165, 1.54) is 16.8 Å². The first kappa shape index (κ1) is 30.1. The van der Waals surface area contributed by atoms with Crippen LogP contribution in [-0.4, -0.2) is 42.2 Å². The minimum atomic E-state index is -0.102. The summed E-state index contributed by atoms with van der Waals surface area (Å²) in [5, 5.41) is 0. The van der Waals surface area contributed by atoms with Crippen LogP contribution in [0.1, 0.15) is 67.7 Å². The van der Waals surface area contributed by atoms with Gasteiger partial charge in [0.1, 0.15) is 0 Å². The van der Waals surface area contributed by atoms with E-state index >= 15 is 0 Å². The lowest BCUT2D eigenvalue weighted by molar-refractivity contribution is -0.111. The van der Waals surface area contributed by atoms with Crippen LogP contribution in [0.4, 0.5) is 0 Å². The zero-order chi connectivity index (χ0) is 28.9. The smallest absolute Gasteiger partial charge is 0.183 e. The number of aliphatic imine (C=N–C) groups is 2. The molecule has 1 saturated heterocycles. The van der Waals surface area contributed by atoms with E-state index in [0.717, 1.165) is 53.9 Å². The lowest BCUT2D eigenvalue weighted by Crippen LogP contribution is -2.26. The van der Waals surface area contributed by atoms with Gasteiger partial charge in [0.15, 0.2) is 5.78 Å². The van der Waals surface area contributed by atoms with Gasteiger partial charge in [-0.3, -0.25) is 14.8 Å². The van der Waals surface area contributed by atoms with Crippen molar-refractivity contribution in [2.75, 3.05) is 20.1 Å². The summed E-state index contributed by atoms with van der Waals surface area (Å²) < 4.78 is 0. The van der Waals surface area contributed by atoms with Crippen LogP contribution >= 0.6 is 0 Å². The monoisotopic (exact) mass is 523 g/mol. The molecular formula is C35H45N3O. The molecule has 3 rings (SSSR count). The fourth-order valence-corrected chi connectivity index (χ4v) is 5.43. The van der Waals surface area contributed by atoms with Gasteiger partial charge in [0.05, 0.1) is 11.4 Å². The molecule has 3 aliphatic rings. The highest BCUT2D eigenvalue weighted by atomic mass is 16.1. The number of nitrogens with zero attached hydrogens (tertiary/aromatic N) is 3. The second kappa shape index (κ2) is 13.0. The highest BCUT2D eigenvalue weighted by Gasteiger charge is 2.22. The molecule has 0 amide bonds. The minimum absolute atomic E-state index is 0.102. The maximum Gasteiger partial charge on any atom is 0.183 e. The van der Waals surface area contributed by atoms with Crippen LogP contribution in [0.15, 0.2) is 110 Å². The summed E-state index contributed by atoms with van der Waals surface area (Å²) in [5.41, 5.74) is 14.2. The minimum Gasteiger partial charge on any atom is -0.371 e. The Balaban J connectivity index is 2.02. The molecule has 39 heavy (non-hydrogen) atoms. The molecule has 0 spiro atoms. The van der Waals surface area contributed by atoms with Crippen LogP contribution in [-0.2, 0) is 4.79 Å². The lowest BCUT2D eigenvalue weighted by Gasteiger charge is -2.26. The summed E-state index contributed by atoms with van der Waals surface area (Å²) in [7, 11) is 1.75. The second-order valence-corrected chi connectivity index (χ2v) is 11.3. The number of carbonyl (C=O) groups is 1. The molecule has 0 aromatic heterocycles. The van der Waals surface area contributed by atoms with Gasteiger partial charge in [-0.1, -0.05) is 44.7 Å². The maximum absolute atomic E-state index is 13.0. The molecule has 0 N–H and O–H groups in total. The molecule has 2 atom stereocenters. The van der Waals surface area contributed by atoms with E-state index in [9.17, 15) is 4.79 Å². The summed E-state index contributed by atoms with van der Waals surface area (Å²) in [6.07, 6.45) is 12.8. The van der Waals surface area contributed by atoms with Crippen LogP contribution in [0.2, 0.25) is 0 Å². The van der Waals surface area contributed by atoms with Crippen molar-refractivity contribution >= 4 is 17.2 Å². The van der Waals surface area contributed by atoms with Crippen LogP contribution in [0.25, 0.3) is 0 Å². The molecule has 0 radical (unpaired) electrons. The molecule has 1 unspecified atom stereocenters. The topological polar surface area (TPSA) is 45.0 Å². The number of rotatable bonds is 5. The highest BCUT2D eigenvalue weighted by molar-refractivity contribution is 6.20. The molecule has 206 valence electrons. The zero-order valence-corrected chi connectivity index (χ0v) is 25.2. The van der Waals surface area contributed by atoms with E-state index in [1.807, 2.05) is 0 Å². The Bertz CT molecular complexity index is 1350. The third-order valence-electron chi connectivity index (χ3n) is 7.82. The van der Waals surface area contributed by atoms with Gasteiger partial charge in [0.2, 0.25) is 0 Å². The lowest BCUT2D eigenvalue weighted by atomic mass is 9.93. The predicted molar refractivity (Wildman–Crippen MR) is 167 cm³/mol. The van der Waals surface area contributed by atoms with E-state index in [4.69, 9.17) is 4.99 Å². The molecule has 0 bridgehead atoms. The van der Waals surface area contributed by atoms with Gasteiger partial charge < -0.3 is 4.90 Å². The number of allylic oxidation sites excluding steroid dienone is 10. The van der Waals surface area contributed by atoms with Crippen LogP contribution < -0.4 is 0 Å². The number of carbonyl (C=O) groups excluding carboxylic acids is 1. The molecule has 4 nitrogen and oxygen atoms in total. The average molecular weight is 524 g/mol. The molecule has 2 heterocycles. The normalized spacial score (nSPS) is 25.4. The van der Waals surface area contributed by atoms with Crippen molar-refractivity contribution in [1.29, 1.82) is 0 Å². The van der Waals surface area contributed by atoms with E-state index < -0.39 is 0 Å². The summed E-state index contributed by atoms with van der Waals surface area (Å²) in [4.78, 5) is 25.1. The summed E-state index contributed by atoms with van der Waals surface area (Å²) >= 11 is 0. The SMILES string of the molecule is C=C1CCN(C(/C=C(/C)C2=NC(C(/C=C3/C(C)=C=C(C)C(C)=CC3C)=N/C)=CC(=O)C(=C)C2)=C/C)C[C@@H](C)C1. The number of ketones is 1. The molecule has 0 aromatic rings. The van der Waals surface area contributed by atoms with Gasteiger partial charge >= 0.3 is 0 Å². The molecule has 0 aromatic carbocycles. The average Bonchev–Trinajstić information content (AvgIpc) is 3.18. The molecule has 4 heteroatoms. The van der Waals surface area contributed by atoms with E-state index in [2.05, 4.69) is 102 Å². The van der Waals surface area contributed by atoms with Gasteiger partial charge in [-0.05, 0) is 99.0 Å². The first-order valence-electron chi connectivity index (χ1n) is 14.0. The van der Waals surface area contributed by atoms with Crippen LogP contribution in [0.5, 0.6) is 0 Å². The Morgan fingerprint density at radius 3 is 2.59 bits per heavy atom. The van der Waals surface area contributed by atoms with Crippen LogP contribution in [0.3, 0.4) is 0 Å². The number of hydrogen-bond donors (Lipinski definition) is 0. The Hall–Kier alpha value is -3.49. The third-order valence-corrected chi connectivity index (χ3v) is 7.82.